The largest absolute Gasteiger partial charge is 0.372 e. The lowest BCUT2D eigenvalue weighted by atomic mass is 10.0. The number of hydrogen-bond donors (Lipinski definition) is 1. The van der Waals surface area contributed by atoms with Gasteiger partial charge in [0.2, 0.25) is 5.91 Å². The molecule has 1 saturated heterocycles. The first kappa shape index (κ1) is 23.0. The number of imide groups is 1. The number of morpholine rings is 1. The third-order valence-corrected chi connectivity index (χ3v) is 5.61. The monoisotopic (exact) mass is 427 g/mol. The summed E-state index contributed by atoms with van der Waals surface area (Å²) in [5, 5.41) is 2.73. The summed E-state index contributed by atoms with van der Waals surface area (Å²) in [7, 11) is 0. The van der Waals surface area contributed by atoms with Crippen LogP contribution in [0.15, 0.2) is 30.0 Å². The van der Waals surface area contributed by atoms with Crippen LogP contribution in [0.1, 0.15) is 58.9 Å². The zero-order chi connectivity index (χ0) is 22.5. The third-order valence-electron chi connectivity index (χ3n) is 5.61. The molecule has 1 N–H and O–H groups in total. The van der Waals surface area contributed by atoms with Crippen molar-refractivity contribution in [1.82, 2.24) is 9.80 Å². The van der Waals surface area contributed by atoms with Crippen LogP contribution in [0.5, 0.6) is 0 Å². The van der Waals surface area contributed by atoms with Crippen molar-refractivity contribution in [3.63, 3.8) is 0 Å². The van der Waals surface area contributed by atoms with Gasteiger partial charge in [0.1, 0.15) is 5.70 Å². The molecule has 3 rings (SSSR count). The van der Waals surface area contributed by atoms with Crippen molar-refractivity contribution >= 4 is 29.0 Å². The first-order chi connectivity index (χ1) is 14.8. The second kappa shape index (κ2) is 10.1. The molecule has 0 saturated carbocycles. The lowest BCUT2D eigenvalue weighted by molar-refractivity contribution is -0.138. The molecule has 1 aromatic carbocycles. The van der Waals surface area contributed by atoms with E-state index in [4.69, 9.17) is 4.74 Å². The Morgan fingerprint density at radius 1 is 1.03 bits per heavy atom. The molecule has 1 aromatic rings. The minimum Gasteiger partial charge on any atom is -0.372 e. The van der Waals surface area contributed by atoms with Crippen LogP contribution in [0, 0.1) is 0 Å². The minimum atomic E-state index is -0.240. The molecule has 7 heteroatoms. The normalized spacial score (nSPS) is 21.8. The topological polar surface area (TPSA) is 79.0 Å². The number of ether oxygens (including phenoxy) is 1. The Kier molecular flexibility index (Phi) is 7.49. The molecule has 2 aliphatic heterocycles. The maximum Gasteiger partial charge on any atom is 0.277 e. The Hall–Kier alpha value is -2.67. The molecule has 0 bridgehead atoms. The fourth-order valence-electron chi connectivity index (χ4n) is 4.30. The molecule has 3 amide bonds. The highest BCUT2D eigenvalue weighted by Gasteiger charge is 2.42. The Morgan fingerprint density at radius 3 is 2.26 bits per heavy atom. The molecule has 2 atom stereocenters. The van der Waals surface area contributed by atoms with Crippen molar-refractivity contribution in [2.75, 3.05) is 25.0 Å². The fraction of sp³-hybridized carbons (Fsp3) is 0.542. The molecule has 0 spiro atoms. The van der Waals surface area contributed by atoms with Gasteiger partial charge in [0, 0.05) is 32.2 Å². The molecule has 168 valence electrons. The fourth-order valence-corrected chi connectivity index (χ4v) is 4.30. The first-order valence-electron chi connectivity index (χ1n) is 11.2. The highest BCUT2D eigenvalue weighted by atomic mass is 16.5. The van der Waals surface area contributed by atoms with Crippen molar-refractivity contribution in [3.05, 3.63) is 35.5 Å². The second-order valence-corrected chi connectivity index (χ2v) is 8.47. The van der Waals surface area contributed by atoms with Crippen molar-refractivity contribution in [2.24, 2.45) is 0 Å². The van der Waals surface area contributed by atoms with Gasteiger partial charge in [0.15, 0.2) is 0 Å². The van der Waals surface area contributed by atoms with Gasteiger partial charge < -0.3 is 15.0 Å². The molecule has 0 radical (unpaired) electrons. The van der Waals surface area contributed by atoms with E-state index in [1.54, 1.807) is 24.3 Å². The van der Waals surface area contributed by atoms with E-state index in [1.165, 1.54) is 11.8 Å². The van der Waals surface area contributed by atoms with Gasteiger partial charge in [-0.2, -0.15) is 0 Å². The molecule has 2 heterocycles. The van der Waals surface area contributed by atoms with Gasteiger partial charge in [-0.05, 0) is 38.0 Å². The zero-order valence-corrected chi connectivity index (χ0v) is 18.9. The number of nitrogens with zero attached hydrogens (tertiary/aromatic N) is 2. The van der Waals surface area contributed by atoms with Crippen molar-refractivity contribution in [3.8, 4) is 0 Å². The predicted octanol–water partition coefficient (Wildman–Crippen LogP) is 3.41. The van der Waals surface area contributed by atoms with E-state index in [-0.39, 0.29) is 29.9 Å². The summed E-state index contributed by atoms with van der Waals surface area (Å²) in [5.41, 5.74) is 2.25. The first-order valence-corrected chi connectivity index (χ1v) is 11.2. The van der Waals surface area contributed by atoms with E-state index in [0.29, 0.717) is 42.2 Å². The zero-order valence-electron chi connectivity index (χ0n) is 18.9. The summed E-state index contributed by atoms with van der Waals surface area (Å²) < 4.78 is 5.84. The summed E-state index contributed by atoms with van der Waals surface area (Å²) in [6.45, 7) is 9.11. The number of carbonyl (C=O) groups is 3. The van der Waals surface area contributed by atoms with Crippen molar-refractivity contribution in [1.29, 1.82) is 0 Å². The van der Waals surface area contributed by atoms with Crippen LogP contribution in [0.3, 0.4) is 0 Å². The molecule has 7 nitrogen and oxygen atoms in total. The predicted molar refractivity (Wildman–Crippen MR) is 120 cm³/mol. The van der Waals surface area contributed by atoms with Gasteiger partial charge in [0.25, 0.3) is 11.8 Å². The maximum absolute atomic E-state index is 13.4. The van der Waals surface area contributed by atoms with E-state index in [2.05, 4.69) is 12.2 Å². The second-order valence-electron chi connectivity index (χ2n) is 8.47. The summed E-state index contributed by atoms with van der Waals surface area (Å²) in [6.07, 6.45) is 3.94. The Labute approximate surface area is 184 Å². The third kappa shape index (κ3) is 5.34. The van der Waals surface area contributed by atoms with E-state index in [0.717, 1.165) is 25.7 Å². The van der Waals surface area contributed by atoms with E-state index < -0.39 is 0 Å². The number of unbranched alkanes of at least 4 members (excludes halogenated alkanes) is 3. The molecular weight excluding hydrogens is 394 g/mol. The SMILES string of the molecule is CCCCCCN1C(=O)C(c2ccc(NC(C)=O)cc2)=C(N2CC(C)OC(C)C2)C1=O. The number of anilines is 1. The number of nitrogens with one attached hydrogen (secondary N) is 1. The van der Waals surface area contributed by atoms with Crippen LogP contribution in [-0.2, 0) is 19.1 Å². The summed E-state index contributed by atoms with van der Waals surface area (Å²) in [5.74, 6) is -0.617. The minimum absolute atomic E-state index is 0.0267. The number of amides is 3. The Morgan fingerprint density at radius 2 is 1.68 bits per heavy atom. The maximum atomic E-state index is 13.4. The Bertz CT molecular complexity index is 852. The van der Waals surface area contributed by atoms with E-state index in [9.17, 15) is 14.4 Å². The van der Waals surface area contributed by atoms with Crippen LogP contribution in [-0.4, -0.2) is 59.4 Å². The van der Waals surface area contributed by atoms with Gasteiger partial charge in [-0.25, -0.2) is 0 Å². The quantitative estimate of drug-likeness (QED) is 0.508. The number of hydrogen-bond acceptors (Lipinski definition) is 5. The van der Waals surface area contributed by atoms with Gasteiger partial charge in [0.05, 0.1) is 17.8 Å². The lowest BCUT2D eigenvalue weighted by Crippen LogP contribution is -2.47. The highest BCUT2D eigenvalue weighted by Crippen LogP contribution is 2.34. The molecular formula is C24H33N3O4. The molecule has 31 heavy (non-hydrogen) atoms. The lowest BCUT2D eigenvalue weighted by Gasteiger charge is -2.37. The van der Waals surface area contributed by atoms with Gasteiger partial charge in [-0.15, -0.1) is 0 Å². The highest BCUT2D eigenvalue weighted by molar-refractivity contribution is 6.35. The smallest absolute Gasteiger partial charge is 0.277 e. The van der Waals surface area contributed by atoms with Crippen LogP contribution in [0.25, 0.3) is 5.57 Å². The van der Waals surface area contributed by atoms with Crippen molar-refractivity contribution < 1.29 is 19.1 Å². The van der Waals surface area contributed by atoms with E-state index >= 15 is 0 Å². The van der Waals surface area contributed by atoms with Gasteiger partial charge in [-0.1, -0.05) is 38.3 Å². The molecule has 2 unspecified atom stereocenters. The standard InChI is InChI=1S/C24H33N3O4/c1-5-6-7-8-13-27-23(29)21(19-9-11-20(12-10-19)25-18(4)28)22(24(27)30)26-14-16(2)31-17(3)15-26/h9-12,16-17H,5-8,13-15H2,1-4H3,(H,25,28). The van der Waals surface area contributed by atoms with Crippen LogP contribution < -0.4 is 5.32 Å². The molecule has 2 aliphatic rings. The average molecular weight is 428 g/mol. The van der Waals surface area contributed by atoms with E-state index in [1.807, 2.05) is 18.7 Å². The van der Waals surface area contributed by atoms with Crippen molar-refractivity contribution in [2.45, 2.75) is 65.6 Å². The molecule has 0 aromatic heterocycles. The number of carbonyl (C=O) groups excluding carboxylic acids is 3. The van der Waals surface area contributed by atoms with Crippen LogP contribution >= 0.6 is 0 Å². The summed E-state index contributed by atoms with van der Waals surface area (Å²) in [6, 6.07) is 7.10. The van der Waals surface area contributed by atoms with Crippen LogP contribution in [0.4, 0.5) is 5.69 Å². The summed E-state index contributed by atoms with van der Waals surface area (Å²) >= 11 is 0. The average Bonchev–Trinajstić information content (AvgIpc) is 2.95. The number of rotatable bonds is 8. The number of benzene rings is 1. The molecule has 0 aliphatic carbocycles. The summed E-state index contributed by atoms with van der Waals surface area (Å²) in [4.78, 5) is 41.5. The van der Waals surface area contributed by atoms with Crippen LogP contribution in [0.2, 0.25) is 0 Å². The Balaban J connectivity index is 1.94. The van der Waals surface area contributed by atoms with Gasteiger partial charge in [-0.3, -0.25) is 19.3 Å². The molecule has 1 fully saturated rings. The van der Waals surface area contributed by atoms with Gasteiger partial charge >= 0.3 is 0 Å².